The number of nitrogens with zero attached hydrogens (tertiary/aromatic N) is 4. The van der Waals surface area contributed by atoms with Gasteiger partial charge in [0.05, 0.1) is 22.4 Å². The molecule has 0 atom stereocenters. The van der Waals surface area contributed by atoms with Crippen molar-refractivity contribution < 1.29 is 9.59 Å². The third-order valence-corrected chi connectivity index (χ3v) is 6.10. The highest BCUT2D eigenvalue weighted by Gasteiger charge is 2.19. The zero-order valence-corrected chi connectivity index (χ0v) is 18.9. The van der Waals surface area contributed by atoms with Crippen molar-refractivity contribution in [3.63, 3.8) is 0 Å². The lowest BCUT2D eigenvalue weighted by molar-refractivity contribution is 0.0831. The fourth-order valence-corrected chi connectivity index (χ4v) is 4.43. The zero-order chi connectivity index (χ0) is 22.3. The Balaban J connectivity index is 1.60. The first-order valence-electron chi connectivity index (χ1n) is 9.80. The van der Waals surface area contributed by atoms with Crippen LogP contribution in [0.5, 0.6) is 0 Å². The molecule has 0 aliphatic rings. The normalized spacial score (nSPS) is 11.0. The maximum Gasteiger partial charge on any atom is 0.265 e. The highest BCUT2D eigenvalue weighted by atomic mass is 32.1. The molecule has 0 fully saturated rings. The molecule has 2 aromatic heterocycles. The molecule has 0 aliphatic carbocycles. The minimum atomic E-state index is -0.291. The minimum Gasteiger partial charge on any atom is -0.344 e. The van der Waals surface area contributed by atoms with Gasteiger partial charge < -0.3 is 4.90 Å². The number of imidazole rings is 1. The van der Waals surface area contributed by atoms with Gasteiger partial charge in [-0.05, 0) is 50.6 Å². The molecule has 7 nitrogen and oxygen atoms in total. The van der Waals surface area contributed by atoms with Crippen molar-refractivity contribution in [3.8, 4) is 5.69 Å². The largest absolute Gasteiger partial charge is 0.344 e. The van der Waals surface area contributed by atoms with Gasteiger partial charge in [0.1, 0.15) is 11.2 Å². The van der Waals surface area contributed by atoms with Crippen LogP contribution < -0.4 is 5.32 Å². The van der Waals surface area contributed by atoms with Gasteiger partial charge in [-0.3, -0.25) is 19.5 Å². The van der Waals surface area contributed by atoms with Crippen LogP contribution in [0.3, 0.4) is 0 Å². The number of benzene rings is 2. The number of fused-ring (bicyclic) bond motifs is 1. The van der Waals surface area contributed by atoms with E-state index in [9.17, 15) is 9.59 Å². The summed E-state index contributed by atoms with van der Waals surface area (Å²) < 4.78 is 2.02. The fourth-order valence-electron chi connectivity index (χ4n) is 3.44. The monoisotopic (exact) mass is 433 g/mol. The molecule has 4 aromatic rings. The summed E-state index contributed by atoms with van der Waals surface area (Å²) in [5.74, 6) is -0.422. The number of rotatable bonds is 4. The van der Waals surface area contributed by atoms with Crippen LogP contribution in [0.1, 0.15) is 36.9 Å². The van der Waals surface area contributed by atoms with Gasteiger partial charge in [-0.1, -0.05) is 29.0 Å². The average Bonchev–Trinajstić information content (AvgIpc) is 3.30. The molecular formula is C23H23N5O2S. The molecule has 158 valence electrons. The molecule has 0 aliphatic heterocycles. The van der Waals surface area contributed by atoms with Crippen LogP contribution in [-0.4, -0.2) is 45.3 Å². The van der Waals surface area contributed by atoms with Gasteiger partial charge in [0, 0.05) is 19.7 Å². The van der Waals surface area contributed by atoms with Gasteiger partial charge in [0.25, 0.3) is 11.8 Å². The molecule has 1 N–H and O–H groups in total. The van der Waals surface area contributed by atoms with Crippen molar-refractivity contribution in [1.29, 1.82) is 0 Å². The molecule has 2 amide bonds. The lowest BCUT2D eigenvalue weighted by atomic mass is 10.1. The molecule has 0 saturated carbocycles. The summed E-state index contributed by atoms with van der Waals surface area (Å²) in [7, 11) is 3.37. The van der Waals surface area contributed by atoms with E-state index in [2.05, 4.69) is 47.3 Å². The molecular weight excluding hydrogens is 410 g/mol. The first-order valence-corrected chi connectivity index (χ1v) is 10.6. The molecule has 31 heavy (non-hydrogen) atoms. The second kappa shape index (κ2) is 7.96. The Labute approximate surface area is 184 Å². The van der Waals surface area contributed by atoms with Crippen LogP contribution >= 0.6 is 11.3 Å². The van der Waals surface area contributed by atoms with E-state index in [1.165, 1.54) is 21.8 Å². The standard InChI is InChI=1S/C23H23N5O2S/c1-13-6-8-18(14(2)10-13)28-12-24-17-11-16(7-9-19(17)28)21(29)26-23-25-15(3)20(31-23)22(30)27(4)5/h6-12H,1-5H3,(H,25,26,29). The Morgan fingerprint density at radius 1 is 1.06 bits per heavy atom. The number of amides is 2. The predicted octanol–water partition coefficient (Wildman–Crippen LogP) is 4.36. The Bertz CT molecular complexity index is 1320. The molecule has 2 aromatic carbocycles. The van der Waals surface area contributed by atoms with Crippen LogP contribution in [0, 0.1) is 20.8 Å². The van der Waals surface area contributed by atoms with Crippen molar-refractivity contribution in [3.05, 3.63) is 70.0 Å². The number of carbonyl (C=O) groups excluding carboxylic acids is 2. The zero-order valence-electron chi connectivity index (χ0n) is 18.1. The van der Waals surface area contributed by atoms with Crippen LogP contribution in [0.15, 0.2) is 42.7 Å². The van der Waals surface area contributed by atoms with Crippen molar-refractivity contribution >= 4 is 39.3 Å². The molecule has 2 heterocycles. The van der Waals surface area contributed by atoms with Gasteiger partial charge in [0.15, 0.2) is 5.13 Å². The Morgan fingerprint density at radius 2 is 1.84 bits per heavy atom. The lowest BCUT2D eigenvalue weighted by Gasteiger charge is -2.09. The fraction of sp³-hybridized carbons (Fsp3) is 0.217. The number of aromatic nitrogens is 3. The highest BCUT2D eigenvalue weighted by Crippen LogP contribution is 2.26. The summed E-state index contributed by atoms with van der Waals surface area (Å²) in [4.78, 5) is 35.8. The second-order valence-electron chi connectivity index (χ2n) is 7.70. The molecule has 0 radical (unpaired) electrons. The van der Waals surface area contributed by atoms with Gasteiger partial charge in [-0.2, -0.15) is 0 Å². The van der Waals surface area contributed by atoms with E-state index in [4.69, 9.17) is 0 Å². The molecule has 8 heteroatoms. The predicted molar refractivity (Wildman–Crippen MR) is 123 cm³/mol. The number of hydrogen-bond donors (Lipinski definition) is 1. The maximum absolute atomic E-state index is 12.8. The van der Waals surface area contributed by atoms with E-state index in [1.54, 1.807) is 39.5 Å². The summed E-state index contributed by atoms with van der Waals surface area (Å²) in [6.45, 7) is 5.90. The maximum atomic E-state index is 12.8. The van der Waals surface area contributed by atoms with E-state index in [0.29, 0.717) is 21.3 Å². The second-order valence-corrected chi connectivity index (χ2v) is 8.69. The Kier molecular flexibility index (Phi) is 5.32. The number of carbonyl (C=O) groups is 2. The quantitative estimate of drug-likeness (QED) is 0.519. The van der Waals surface area contributed by atoms with Crippen LogP contribution in [0.4, 0.5) is 5.13 Å². The third-order valence-electron chi connectivity index (χ3n) is 5.04. The SMILES string of the molecule is Cc1ccc(-n2cnc3cc(C(=O)Nc4nc(C)c(C(=O)N(C)C)s4)ccc32)c(C)c1. The Morgan fingerprint density at radius 3 is 2.55 bits per heavy atom. The first kappa shape index (κ1) is 20.7. The molecule has 0 saturated heterocycles. The van der Waals surface area contributed by atoms with Gasteiger partial charge in [-0.15, -0.1) is 0 Å². The van der Waals surface area contributed by atoms with Crippen LogP contribution in [0.25, 0.3) is 16.7 Å². The van der Waals surface area contributed by atoms with Crippen molar-refractivity contribution in [2.45, 2.75) is 20.8 Å². The number of anilines is 1. The smallest absolute Gasteiger partial charge is 0.265 e. The summed E-state index contributed by atoms with van der Waals surface area (Å²) >= 11 is 1.17. The molecule has 0 bridgehead atoms. The minimum absolute atomic E-state index is 0.131. The number of thiazole rings is 1. The summed E-state index contributed by atoms with van der Waals surface area (Å²) in [5.41, 5.74) is 6.15. The number of nitrogens with one attached hydrogen (secondary N) is 1. The van der Waals surface area contributed by atoms with E-state index in [1.807, 2.05) is 10.6 Å². The van der Waals surface area contributed by atoms with Gasteiger partial charge >= 0.3 is 0 Å². The molecule has 0 unspecified atom stereocenters. The van der Waals surface area contributed by atoms with Gasteiger partial charge in [-0.25, -0.2) is 9.97 Å². The van der Waals surface area contributed by atoms with Crippen LogP contribution in [0.2, 0.25) is 0 Å². The highest BCUT2D eigenvalue weighted by molar-refractivity contribution is 7.17. The van der Waals surface area contributed by atoms with Crippen molar-refractivity contribution in [2.24, 2.45) is 0 Å². The van der Waals surface area contributed by atoms with E-state index in [-0.39, 0.29) is 11.8 Å². The summed E-state index contributed by atoms with van der Waals surface area (Å²) in [6, 6.07) is 11.7. The first-order chi connectivity index (χ1) is 14.7. The van der Waals surface area contributed by atoms with Crippen molar-refractivity contribution in [1.82, 2.24) is 19.4 Å². The van der Waals surface area contributed by atoms with E-state index < -0.39 is 0 Å². The van der Waals surface area contributed by atoms with E-state index in [0.717, 1.165) is 22.3 Å². The van der Waals surface area contributed by atoms with Crippen molar-refractivity contribution in [2.75, 3.05) is 19.4 Å². The van der Waals surface area contributed by atoms with Gasteiger partial charge in [0.2, 0.25) is 0 Å². The number of hydrogen-bond acceptors (Lipinski definition) is 5. The van der Waals surface area contributed by atoms with Crippen LogP contribution in [-0.2, 0) is 0 Å². The Hall–Kier alpha value is -3.52. The molecule has 0 spiro atoms. The summed E-state index contributed by atoms with van der Waals surface area (Å²) in [6.07, 6.45) is 1.77. The topological polar surface area (TPSA) is 80.1 Å². The average molecular weight is 434 g/mol. The molecule has 4 rings (SSSR count). The summed E-state index contributed by atoms with van der Waals surface area (Å²) in [5, 5.41) is 3.19. The third kappa shape index (κ3) is 3.94. The van der Waals surface area contributed by atoms with E-state index >= 15 is 0 Å². The number of aryl methyl sites for hydroxylation is 3. The lowest BCUT2D eigenvalue weighted by Crippen LogP contribution is -2.21.